The number of likely N-dealkylation sites (tertiary alicyclic amines) is 1. The predicted octanol–water partition coefficient (Wildman–Crippen LogP) is 5.63. The van der Waals surface area contributed by atoms with E-state index >= 15 is 0 Å². The van der Waals surface area contributed by atoms with Crippen LogP contribution in [0.15, 0.2) is 25.3 Å². The van der Waals surface area contributed by atoms with Gasteiger partial charge in [-0.05, 0) is 71.5 Å². The minimum Gasteiger partial charge on any atom is -0.464 e. The molecule has 1 aliphatic carbocycles. The average molecular weight is 636 g/mol. The summed E-state index contributed by atoms with van der Waals surface area (Å²) < 4.78 is 17.5. The van der Waals surface area contributed by atoms with Crippen LogP contribution >= 0.6 is 0 Å². The fourth-order valence-corrected chi connectivity index (χ4v) is 6.61. The van der Waals surface area contributed by atoms with Crippen LogP contribution in [0, 0.1) is 5.92 Å². The maximum atomic E-state index is 14.2. The van der Waals surface area contributed by atoms with Crippen LogP contribution < -0.4 is 10.6 Å². The van der Waals surface area contributed by atoms with E-state index in [1.54, 1.807) is 33.8 Å². The van der Waals surface area contributed by atoms with E-state index < -0.39 is 49.5 Å². The summed E-state index contributed by atoms with van der Waals surface area (Å²) in [7, 11) is -2.25. The lowest BCUT2D eigenvalue weighted by Crippen LogP contribution is -2.56. The second kappa shape index (κ2) is 15.1. The molecule has 1 saturated heterocycles. The highest BCUT2D eigenvalue weighted by Gasteiger charge is 2.62. The first-order chi connectivity index (χ1) is 20.3. The molecule has 0 aromatic carbocycles. The number of allylic oxidation sites excluding steroid dienone is 1. The van der Waals surface area contributed by atoms with E-state index in [-0.39, 0.29) is 42.5 Å². The van der Waals surface area contributed by atoms with E-state index in [2.05, 4.69) is 57.7 Å². The number of alkyl carbamates (subject to hydrolysis) is 1. The number of esters is 1. The molecule has 1 saturated carbocycles. The third kappa shape index (κ3) is 9.92. The van der Waals surface area contributed by atoms with Gasteiger partial charge in [-0.25, -0.2) is 9.59 Å². The molecule has 1 aliphatic heterocycles. The quantitative estimate of drug-likeness (QED) is 0.103. The molecule has 3 amide bonds. The van der Waals surface area contributed by atoms with Gasteiger partial charge in [0.2, 0.25) is 11.8 Å². The Morgan fingerprint density at radius 2 is 1.73 bits per heavy atom. The largest absolute Gasteiger partial charge is 0.464 e. The molecule has 5 unspecified atom stereocenters. The Hall–Kier alpha value is -2.66. The molecule has 0 bridgehead atoms. The highest BCUT2D eigenvalue weighted by molar-refractivity contribution is 6.74. The standard InChI is InChI=1S/C33H57N3O7Si/c1-12-15-16-17-18-19-25(34-30(40)42-31(4,5)6)28(38)36-22-24(43-44(10,11)32(7,8)9)20-26(36)27(37)35-33(21-23(33)13-2)29(39)41-14-3/h12-13,23-26H,1-2,14-22H2,3-11H3,(H,34,40)(H,35,37). The Morgan fingerprint density at radius 1 is 1.07 bits per heavy atom. The third-order valence-corrected chi connectivity index (χ3v) is 13.3. The Labute approximate surface area is 265 Å². The van der Waals surface area contributed by atoms with Crippen molar-refractivity contribution in [3.05, 3.63) is 25.3 Å². The molecule has 2 N–H and O–H groups in total. The van der Waals surface area contributed by atoms with E-state index in [1.165, 1.54) is 4.90 Å². The summed E-state index contributed by atoms with van der Waals surface area (Å²) in [4.78, 5) is 55.4. The highest BCUT2D eigenvalue weighted by Crippen LogP contribution is 2.46. The van der Waals surface area contributed by atoms with Crippen molar-refractivity contribution in [2.75, 3.05) is 13.2 Å². The van der Waals surface area contributed by atoms with Crippen molar-refractivity contribution in [3.8, 4) is 0 Å². The molecule has 0 spiro atoms. The van der Waals surface area contributed by atoms with Crippen LogP contribution in [0.5, 0.6) is 0 Å². The van der Waals surface area contributed by atoms with Crippen molar-refractivity contribution in [1.82, 2.24) is 15.5 Å². The molecule has 0 aromatic heterocycles. The van der Waals surface area contributed by atoms with E-state index in [9.17, 15) is 19.2 Å². The maximum Gasteiger partial charge on any atom is 0.408 e. The topological polar surface area (TPSA) is 123 Å². The van der Waals surface area contributed by atoms with Crippen LogP contribution in [-0.2, 0) is 28.3 Å². The Morgan fingerprint density at radius 3 is 2.25 bits per heavy atom. The van der Waals surface area contributed by atoms with E-state index in [4.69, 9.17) is 13.9 Å². The lowest BCUT2D eigenvalue weighted by Gasteiger charge is -2.38. The van der Waals surface area contributed by atoms with Crippen LogP contribution in [0.2, 0.25) is 18.1 Å². The molecule has 2 rings (SSSR count). The monoisotopic (exact) mass is 635 g/mol. The number of nitrogens with zero attached hydrogens (tertiary/aromatic N) is 1. The van der Waals surface area contributed by atoms with Gasteiger partial charge in [0.05, 0.1) is 12.7 Å². The van der Waals surface area contributed by atoms with Gasteiger partial charge >= 0.3 is 12.1 Å². The van der Waals surface area contributed by atoms with E-state index in [0.717, 1.165) is 19.3 Å². The zero-order chi connectivity index (χ0) is 33.5. The summed E-state index contributed by atoms with van der Waals surface area (Å²) in [5.74, 6) is -1.58. The Bertz CT molecular complexity index is 1060. The first-order valence-electron chi connectivity index (χ1n) is 16.0. The van der Waals surface area contributed by atoms with Gasteiger partial charge in [-0.2, -0.15) is 0 Å². The summed E-state index contributed by atoms with van der Waals surface area (Å²) in [6.07, 6.45) is 6.84. The molecule has 2 fully saturated rings. The van der Waals surface area contributed by atoms with Gasteiger partial charge in [0.15, 0.2) is 8.32 Å². The molecule has 44 heavy (non-hydrogen) atoms. The number of amides is 3. The summed E-state index contributed by atoms with van der Waals surface area (Å²) in [6, 6.07) is -1.78. The first-order valence-corrected chi connectivity index (χ1v) is 18.9. The Balaban J connectivity index is 2.38. The minimum atomic E-state index is -2.25. The molecule has 11 heteroatoms. The summed E-state index contributed by atoms with van der Waals surface area (Å²) >= 11 is 0. The first kappa shape index (κ1) is 37.5. The smallest absolute Gasteiger partial charge is 0.408 e. The average Bonchev–Trinajstić information content (AvgIpc) is 3.45. The molecule has 5 atom stereocenters. The molecule has 1 heterocycles. The number of nitrogens with one attached hydrogen (secondary N) is 2. The van der Waals surface area contributed by atoms with Gasteiger partial charge in [0.25, 0.3) is 0 Å². The third-order valence-electron chi connectivity index (χ3n) is 8.79. The lowest BCUT2D eigenvalue weighted by atomic mass is 10.0. The molecular weight excluding hydrogens is 578 g/mol. The van der Waals surface area contributed by atoms with Gasteiger partial charge in [-0.3, -0.25) is 9.59 Å². The maximum absolute atomic E-state index is 14.2. The number of carbonyl (C=O) groups excluding carboxylic acids is 4. The normalized spacial score (nSPS) is 24.2. The molecular formula is C33H57N3O7Si. The summed E-state index contributed by atoms with van der Waals surface area (Å²) in [6.45, 7) is 25.6. The molecule has 0 aromatic rings. The summed E-state index contributed by atoms with van der Waals surface area (Å²) in [5.41, 5.74) is -1.94. The van der Waals surface area contributed by atoms with Gasteiger partial charge in [0.1, 0.15) is 23.2 Å². The van der Waals surface area contributed by atoms with E-state index in [0.29, 0.717) is 19.3 Å². The van der Waals surface area contributed by atoms with Crippen LogP contribution in [0.4, 0.5) is 4.79 Å². The van der Waals surface area contributed by atoms with Crippen molar-refractivity contribution in [2.45, 2.75) is 141 Å². The highest BCUT2D eigenvalue weighted by atomic mass is 28.4. The number of hydrogen-bond donors (Lipinski definition) is 2. The molecule has 2 aliphatic rings. The van der Waals surface area contributed by atoms with Crippen molar-refractivity contribution in [2.24, 2.45) is 5.92 Å². The van der Waals surface area contributed by atoms with Crippen molar-refractivity contribution < 1.29 is 33.1 Å². The SMILES string of the molecule is C=CCCCCCC(NC(=O)OC(C)(C)C)C(=O)N1CC(O[Si](C)(C)C(C)(C)C)CC1C(=O)NC1(C(=O)OCC)CC1C=C. The second-order valence-electron chi connectivity index (χ2n) is 14.6. The van der Waals surface area contributed by atoms with Crippen LogP contribution in [0.3, 0.4) is 0 Å². The number of ether oxygens (including phenoxy) is 2. The van der Waals surface area contributed by atoms with Crippen molar-refractivity contribution >= 4 is 32.2 Å². The summed E-state index contributed by atoms with van der Waals surface area (Å²) in [5, 5.41) is 5.63. The van der Waals surface area contributed by atoms with Gasteiger partial charge in [-0.15, -0.1) is 13.2 Å². The fourth-order valence-electron chi connectivity index (χ4n) is 5.25. The van der Waals surface area contributed by atoms with Crippen LogP contribution in [0.25, 0.3) is 0 Å². The zero-order valence-electron chi connectivity index (χ0n) is 28.5. The minimum absolute atomic E-state index is 0.0758. The van der Waals surface area contributed by atoms with Gasteiger partial charge < -0.3 is 29.4 Å². The van der Waals surface area contributed by atoms with E-state index in [1.807, 2.05) is 6.08 Å². The molecule has 0 radical (unpaired) electrons. The fraction of sp³-hybridized carbons (Fsp3) is 0.758. The predicted molar refractivity (Wildman–Crippen MR) is 174 cm³/mol. The second-order valence-corrected chi connectivity index (χ2v) is 19.4. The van der Waals surface area contributed by atoms with Gasteiger partial charge in [0, 0.05) is 18.9 Å². The van der Waals surface area contributed by atoms with Crippen LogP contribution in [-0.4, -0.2) is 79.6 Å². The van der Waals surface area contributed by atoms with Gasteiger partial charge in [-0.1, -0.05) is 45.8 Å². The number of carbonyl (C=O) groups is 4. The van der Waals surface area contributed by atoms with Crippen molar-refractivity contribution in [1.29, 1.82) is 0 Å². The molecule has 250 valence electrons. The lowest BCUT2D eigenvalue weighted by molar-refractivity contribution is -0.150. The number of unbranched alkanes of at least 4 members (excludes halogenated alkanes) is 3. The molecule has 10 nitrogen and oxygen atoms in total. The van der Waals surface area contributed by atoms with Crippen molar-refractivity contribution in [3.63, 3.8) is 0 Å². The van der Waals surface area contributed by atoms with Crippen LogP contribution in [0.1, 0.15) is 93.4 Å². The number of hydrogen-bond acceptors (Lipinski definition) is 7. The Kier molecular flexibility index (Phi) is 12.9. The number of rotatable bonds is 15. The zero-order valence-corrected chi connectivity index (χ0v) is 29.5.